The van der Waals surface area contributed by atoms with Crippen LogP contribution in [0.2, 0.25) is 0 Å². The first-order valence-corrected chi connectivity index (χ1v) is 8.45. The lowest BCUT2D eigenvalue weighted by Gasteiger charge is -2.24. The summed E-state index contributed by atoms with van der Waals surface area (Å²) in [6.45, 7) is 0. The number of rotatable bonds is 5. The van der Waals surface area contributed by atoms with Crippen LogP contribution >= 0.6 is 0 Å². The van der Waals surface area contributed by atoms with E-state index in [2.05, 4.69) is 20.6 Å². The van der Waals surface area contributed by atoms with Crippen LogP contribution < -0.4 is 24.8 Å². The Bertz CT molecular complexity index is 914. The molecule has 0 fully saturated rings. The molecule has 2 N–H and O–H groups in total. The summed E-state index contributed by atoms with van der Waals surface area (Å²) in [6.07, 6.45) is 3.09. The molecular formula is C19H20N4O5. The van der Waals surface area contributed by atoms with Gasteiger partial charge >= 0.3 is 0 Å². The summed E-state index contributed by atoms with van der Waals surface area (Å²) >= 11 is 0. The normalized spacial score (nSPS) is 15.9. The van der Waals surface area contributed by atoms with Gasteiger partial charge in [-0.1, -0.05) is 0 Å². The number of methoxy groups -OCH3 is 3. The van der Waals surface area contributed by atoms with Crippen LogP contribution in [0.15, 0.2) is 41.7 Å². The average molecular weight is 384 g/mol. The second-order valence-corrected chi connectivity index (χ2v) is 5.87. The number of carbonyl (C=O) groups is 2. The van der Waals surface area contributed by atoms with Crippen molar-refractivity contribution in [2.75, 3.05) is 21.3 Å². The zero-order chi connectivity index (χ0) is 20.1. The number of benzene rings is 1. The first-order chi connectivity index (χ1) is 13.6. The molecule has 3 rings (SSSR count). The minimum Gasteiger partial charge on any atom is -0.493 e. The maximum absolute atomic E-state index is 12.3. The van der Waals surface area contributed by atoms with Gasteiger partial charge in [0.05, 0.1) is 39.4 Å². The van der Waals surface area contributed by atoms with Crippen LogP contribution in [0.25, 0.3) is 0 Å². The van der Waals surface area contributed by atoms with Crippen molar-refractivity contribution in [3.8, 4) is 17.2 Å². The number of hydrogen-bond donors (Lipinski definition) is 2. The fraction of sp³-hybridized carbons (Fsp3) is 0.263. The number of ether oxygens (including phenoxy) is 3. The van der Waals surface area contributed by atoms with Gasteiger partial charge < -0.3 is 14.2 Å². The van der Waals surface area contributed by atoms with Gasteiger partial charge in [0.25, 0.3) is 5.91 Å². The van der Waals surface area contributed by atoms with E-state index in [0.717, 1.165) is 0 Å². The van der Waals surface area contributed by atoms with Crippen LogP contribution in [0, 0.1) is 0 Å². The third kappa shape index (κ3) is 3.88. The molecule has 1 atom stereocenters. The van der Waals surface area contributed by atoms with E-state index in [1.165, 1.54) is 27.5 Å². The standard InChI is InChI=1S/C19H20N4O5/c1-26-14-7-6-12(16(27-2)17(14)28-3)13-9-15(24)22-19(21-13)23-18(25)11-5-4-8-20-10-11/h4-8,10,13H,9H2,1-3H3,(H2,21,22,23,24,25). The highest BCUT2D eigenvalue weighted by atomic mass is 16.5. The van der Waals surface area contributed by atoms with Crippen LogP contribution in [0.1, 0.15) is 28.4 Å². The molecule has 2 aromatic rings. The summed E-state index contributed by atoms with van der Waals surface area (Å²) in [6, 6.07) is 6.17. The number of pyridine rings is 1. The Morgan fingerprint density at radius 3 is 2.57 bits per heavy atom. The Balaban J connectivity index is 1.93. The number of aromatic nitrogens is 1. The van der Waals surface area contributed by atoms with Crippen LogP contribution in [0.4, 0.5) is 0 Å². The van der Waals surface area contributed by atoms with Gasteiger partial charge in [-0.3, -0.25) is 25.2 Å². The molecule has 0 spiro atoms. The van der Waals surface area contributed by atoms with Crippen LogP contribution in [0.5, 0.6) is 17.2 Å². The molecule has 1 aromatic heterocycles. The molecule has 0 saturated heterocycles. The number of guanidine groups is 1. The molecule has 28 heavy (non-hydrogen) atoms. The first kappa shape index (κ1) is 19.2. The predicted molar refractivity (Wildman–Crippen MR) is 101 cm³/mol. The van der Waals surface area contributed by atoms with Crippen molar-refractivity contribution in [2.24, 2.45) is 4.99 Å². The fourth-order valence-electron chi connectivity index (χ4n) is 2.90. The van der Waals surface area contributed by atoms with Gasteiger partial charge in [0.1, 0.15) is 0 Å². The Morgan fingerprint density at radius 1 is 1.14 bits per heavy atom. The maximum Gasteiger partial charge on any atom is 0.259 e. The maximum atomic E-state index is 12.3. The van der Waals surface area contributed by atoms with Gasteiger partial charge in [-0.2, -0.15) is 0 Å². The van der Waals surface area contributed by atoms with E-state index in [9.17, 15) is 9.59 Å². The largest absolute Gasteiger partial charge is 0.493 e. The monoisotopic (exact) mass is 384 g/mol. The number of carbonyl (C=O) groups excluding carboxylic acids is 2. The summed E-state index contributed by atoms with van der Waals surface area (Å²) < 4.78 is 16.2. The van der Waals surface area contributed by atoms with Crippen molar-refractivity contribution < 1.29 is 23.8 Å². The minimum absolute atomic E-state index is 0.0620. The fourth-order valence-corrected chi connectivity index (χ4v) is 2.90. The first-order valence-electron chi connectivity index (χ1n) is 8.45. The van der Waals surface area contributed by atoms with E-state index in [1.807, 2.05) is 0 Å². The molecule has 9 heteroatoms. The van der Waals surface area contributed by atoms with Crippen molar-refractivity contribution in [1.82, 2.24) is 15.6 Å². The Labute approximate surface area is 161 Å². The third-order valence-corrected chi connectivity index (χ3v) is 4.17. The van der Waals surface area contributed by atoms with Gasteiger partial charge in [0.2, 0.25) is 17.6 Å². The Morgan fingerprint density at radius 2 is 1.93 bits per heavy atom. The van der Waals surface area contributed by atoms with Gasteiger partial charge in [0.15, 0.2) is 11.5 Å². The van der Waals surface area contributed by atoms with E-state index in [0.29, 0.717) is 28.4 Å². The second kappa shape index (κ2) is 8.38. The van der Waals surface area contributed by atoms with E-state index >= 15 is 0 Å². The summed E-state index contributed by atoms with van der Waals surface area (Å²) in [5, 5.41) is 5.16. The molecule has 0 saturated carbocycles. The van der Waals surface area contributed by atoms with Gasteiger partial charge in [0, 0.05) is 18.0 Å². The van der Waals surface area contributed by atoms with Crippen LogP contribution in [-0.4, -0.2) is 44.1 Å². The third-order valence-electron chi connectivity index (χ3n) is 4.17. The number of nitrogens with one attached hydrogen (secondary N) is 2. The van der Waals surface area contributed by atoms with E-state index in [4.69, 9.17) is 14.2 Å². The Kier molecular flexibility index (Phi) is 5.73. The van der Waals surface area contributed by atoms with Gasteiger partial charge in [-0.05, 0) is 24.3 Å². The zero-order valence-corrected chi connectivity index (χ0v) is 15.7. The molecular weight excluding hydrogens is 364 g/mol. The van der Waals surface area contributed by atoms with E-state index in [1.54, 1.807) is 30.5 Å². The molecule has 1 aliphatic rings. The molecule has 0 radical (unpaired) electrons. The minimum atomic E-state index is -0.562. The number of nitrogens with zero attached hydrogens (tertiary/aromatic N) is 2. The molecule has 0 aliphatic carbocycles. The summed E-state index contributed by atoms with van der Waals surface area (Å²) in [7, 11) is 4.52. The van der Waals surface area contributed by atoms with Crippen molar-refractivity contribution >= 4 is 17.8 Å². The van der Waals surface area contributed by atoms with E-state index in [-0.39, 0.29) is 18.3 Å². The SMILES string of the molecule is COc1ccc(C2CC(=O)NC(NC(=O)c3cccnc3)=N2)c(OC)c1OC. The smallest absolute Gasteiger partial charge is 0.259 e. The summed E-state index contributed by atoms with van der Waals surface area (Å²) in [5.41, 5.74) is 0.994. The molecule has 0 bridgehead atoms. The second-order valence-electron chi connectivity index (χ2n) is 5.87. The average Bonchev–Trinajstić information content (AvgIpc) is 2.72. The number of amides is 2. The lowest BCUT2D eigenvalue weighted by Crippen LogP contribution is -2.47. The molecule has 146 valence electrons. The van der Waals surface area contributed by atoms with Crippen LogP contribution in [-0.2, 0) is 4.79 Å². The van der Waals surface area contributed by atoms with E-state index < -0.39 is 11.9 Å². The predicted octanol–water partition coefficient (Wildman–Crippen LogP) is 1.45. The number of hydrogen-bond acceptors (Lipinski definition) is 7. The van der Waals surface area contributed by atoms with Crippen LogP contribution in [0.3, 0.4) is 0 Å². The lowest BCUT2D eigenvalue weighted by atomic mass is 10.0. The topological polar surface area (TPSA) is 111 Å². The zero-order valence-electron chi connectivity index (χ0n) is 15.7. The van der Waals surface area contributed by atoms with Crippen molar-refractivity contribution in [2.45, 2.75) is 12.5 Å². The highest BCUT2D eigenvalue weighted by molar-refractivity contribution is 6.10. The summed E-state index contributed by atoms with van der Waals surface area (Å²) in [4.78, 5) is 32.9. The molecule has 2 amide bonds. The molecule has 2 heterocycles. The van der Waals surface area contributed by atoms with Crippen molar-refractivity contribution in [3.05, 3.63) is 47.8 Å². The quantitative estimate of drug-likeness (QED) is 0.807. The summed E-state index contributed by atoms with van der Waals surface area (Å²) in [5.74, 6) is 0.683. The van der Waals surface area contributed by atoms with Crippen molar-refractivity contribution in [3.63, 3.8) is 0 Å². The highest BCUT2D eigenvalue weighted by Crippen LogP contribution is 2.43. The van der Waals surface area contributed by atoms with Gasteiger partial charge in [-0.25, -0.2) is 4.99 Å². The highest BCUT2D eigenvalue weighted by Gasteiger charge is 2.28. The Hall–Kier alpha value is -3.62. The van der Waals surface area contributed by atoms with Gasteiger partial charge in [-0.15, -0.1) is 0 Å². The molecule has 1 aromatic carbocycles. The molecule has 1 unspecified atom stereocenters. The molecule has 1 aliphatic heterocycles. The van der Waals surface area contributed by atoms with Crippen molar-refractivity contribution in [1.29, 1.82) is 0 Å². The lowest BCUT2D eigenvalue weighted by molar-refractivity contribution is -0.120. The number of aliphatic imine (C=N–C) groups is 1. The molecule has 9 nitrogen and oxygen atoms in total.